The standard InChI is InChI=1S/C13H26N2O3/c1-4-11(5-2)9-15-13(18)14-8-10(3)6-7-12(16)17/h10-11H,4-9H2,1-3H3,(H,16,17)(H2,14,15,18). The van der Waals surface area contributed by atoms with Crippen molar-refractivity contribution in [1.29, 1.82) is 0 Å². The van der Waals surface area contributed by atoms with Crippen molar-refractivity contribution in [2.45, 2.75) is 46.5 Å². The molecule has 0 aromatic heterocycles. The molecule has 1 unspecified atom stereocenters. The van der Waals surface area contributed by atoms with Crippen molar-refractivity contribution < 1.29 is 14.7 Å². The lowest BCUT2D eigenvalue weighted by atomic mass is 10.0. The largest absolute Gasteiger partial charge is 0.481 e. The maximum Gasteiger partial charge on any atom is 0.314 e. The molecule has 0 aromatic rings. The van der Waals surface area contributed by atoms with Gasteiger partial charge in [0.2, 0.25) is 0 Å². The molecule has 0 aliphatic rings. The van der Waals surface area contributed by atoms with Crippen LogP contribution in [0, 0.1) is 11.8 Å². The van der Waals surface area contributed by atoms with E-state index in [2.05, 4.69) is 24.5 Å². The number of carbonyl (C=O) groups excluding carboxylic acids is 1. The van der Waals surface area contributed by atoms with Crippen molar-refractivity contribution in [2.75, 3.05) is 13.1 Å². The lowest BCUT2D eigenvalue weighted by molar-refractivity contribution is -0.137. The summed E-state index contributed by atoms with van der Waals surface area (Å²) < 4.78 is 0. The molecule has 106 valence electrons. The van der Waals surface area contributed by atoms with Gasteiger partial charge in [-0.2, -0.15) is 0 Å². The fraction of sp³-hybridized carbons (Fsp3) is 0.846. The SMILES string of the molecule is CCC(CC)CNC(=O)NCC(C)CCC(=O)O. The van der Waals surface area contributed by atoms with Gasteiger partial charge >= 0.3 is 12.0 Å². The van der Waals surface area contributed by atoms with Crippen LogP contribution < -0.4 is 10.6 Å². The average Bonchev–Trinajstić information content (AvgIpc) is 2.35. The Morgan fingerprint density at radius 1 is 1.11 bits per heavy atom. The van der Waals surface area contributed by atoms with Gasteiger partial charge in [-0.1, -0.05) is 33.6 Å². The first kappa shape index (κ1) is 16.7. The van der Waals surface area contributed by atoms with E-state index in [1.54, 1.807) is 0 Å². The van der Waals surface area contributed by atoms with Gasteiger partial charge < -0.3 is 15.7 Å². The van der Waals surface area contributed by atoms with Crippen LogP contribution in [-0.4, -0.2) is 30.2 Å². The smallest absolute Gasteiger partial charge is 0.314 e. The predicted octanol–water partition coefficient (Wildman–Crippen LogP) is 2.22. The maximum absolute atomic E-state index is 11.5. The highest BCUT2D eigenvalue weighted by molar-refractivity contribution is 5.73. The van der Waals surface area contributed by atoms with Crippen molar-refractivity contribution in [3.05, 3.63) is 0 Å². The van der Waals surface area contributed by atoms with E-state index >= 15 is 0 Å². The summed E-state index contributed by atoms with van der Waals surface area (Å²) in [7, 11) is 0. The van der Waals surface area contributed by atoms with Crippen molar-refractivity contribution >= 4 is 12.0 Å². The van der Waals surface area contributed by atoms with E-state index in [0.29, 0.717) is 25.4 Å². The normalized spacial score (nSPS) is 12.2. The number of rotatable bonds is 9. The Hall–Kier alpha value is -1.26. The van der Waals surface area contributed by atoms with Crippen LogP contribution in [0.4, 0.5) is 4.79 Å². The van der Waals surface area contributed by atoms with Crippen molar-refractivity contribution in [3.63, 3.8) is 0 Å². The molecule has 18 heavy (non-hydrogen) atoms. The third-order valence-corrected chi connectivity index (χ3v) is 3.17. The van der Waals surface area contributed by atoms with Crippen molar-refractivity contribution in [2.24, 2.45) is 11.8 Å². The number of nitrogens with one attached hydrogen (secondary N) is 2. The van der Waals surface area contributed by atoms with E-state index in [9.17, 15) is 9.59 Å². The Morgan fingerprint density at radius 3 is 2.17 bits per heavy atom. The molecule has 1 atom stereocenters. The first-order valence-corrected chi connectivity index (χ1v) is 6.73. The monoisotopic (exact) mass is 258 g/mol. The van der Waals surface area contributed by atoms with Gasteiger partial charge in [0.1, 0.15) is 0 Å². The second-order valence-electron chi connectivity index (χ2n) is 4.81. The molecule has 0 fully saturated rings. The molecule has 0 saturated carbocycles. The topological polar surface area (TPSA) is 78.4 Å². The Kier molecular flexibility index (Phi) is 9.06. The second-order valence-corrected chi connectivity index (χ2v) is 4.81. The quantitative estimate of drug-likeness (QED) is 0.593. The van der Waals surface area contributed by atoms with E-state index in [4.69, 9.17) is 5.11 Å². The van der Waals surface area contributed by atoms with Gasteiger partial charge in [-0.05, 0) is 18.3 Å². The minimum atomic E-state index is -0.792. The Bertz CT molecular complexity index is 253. The molecule has 0 bridgehead atoms. The van der Waals surface area contributed by atoms with Crippen LogP contribution in [0.25, 0.3) is 0 Å². The highest BCUT2D eigenvalue weighted by Crippen LogP contribution is 2.05. The van der Waals surface area contributed by atoms with E-state index in [0.717, 1.165) is 12.8 Å². The summed E-state index contributed by atoms with van der Waals surface area (Å²) in [5, 5.41) is 14.1. The lowest BCUT2D eigenvalue weighted by Crippen LogP contribution is -2.40. The van der Waals surface area contributed by atoms with Gasteiger partial charge in [0, 0.05) is 19.5 Å². The first-order valence-electron chi connectivity index (χ1n) is 6.73. The fourth-order valence-electron chi connectivity index (χ4n) is 1.62. The summed E-state index contributed by atoms with van der Waals surface area (Å²) in [5.74, 6) is -0.0831. The number of aliphatic carboxylic acids is 1. The molecule has 0 aliphatic heterocycles. The van der Waals surface area contributed by atoms with Gasteiger partial charge in [-0.25, -0.2) is 4.79 Å². The molecule has 2 amide bonds. The van der Waals surface area contributed by atoms with Crippen molar-refractivity contribution in [1.82, 2.24) is 10.6 Å². The summed E-state index contributed by atoms with van der Waals surface area (Å²) in [6.07, 6.45) is 2.86. The van der Waals surface area contributed by atoms with Gasteiger partial charge in [0.05, 0.1) is 0 Å². The Balaban J connectivity index is 3.66. The highest BCUT2D eigenvalue weighted by Gasteiger charge is 2.09. The molecule has 5 nitrogen and oxygen atoms in total. The number of carboxylic acid groups (broad SMARTS) is 1. The van der Waals surface area contributed by atoms with Crippen LogP contribution >= 0.6 is 0 Å². The zero-order valence-corrected chi connectivity index (χ0v) is 11.7. The molecule has 5 heteroatoms. The number of urea groups is 1. The molecular formula is C13H26N2O3. The third kappa shape index (κ3) is 8.84. The summed E-state index contributed by atoms with van der Waals surface area (Å²) in [5.41, 5.74) is 0. The molecule has 0 saturated heterocycles. The fourth-order valence-corrected chi connectivity index (χ4v) is 1.62. The molecule has 0 rings (SSSR count). The highest BCUT2D eigenvalue weighted by atomic mass is 16.4. The van der Waals surface area contributed by atoms with Crippen LogP contribution in [-0.2, 0) is 4.79 Å². The zero-order valence-electron chi connectivity index (χ0n) is 11.7. The lowest BCUT2D eigenvalue weighted by Gasteiger charge is -2.15. The van der Waals surface area contributed by atoms with Gasteiger partial charge in [-0.3, -0.25) is 4.79 Å². The predicted molar refractivity (Wildman–Crippen MR) is 71.5 cm³/mol. The number of carboxylic acids is 1. The Labute approximate surface area is 109 Å². The van der Waals surface area contributed by atoms with E-state index in [1.807, 2.05) is 6.92 Å². The number of hydrogen-bond acceptors (Lipinski definition) is 2. The van der Waals surface area contributed by atoms with Crippen LogP contribution in [0.3, 0.4) is 0 Å². The minimum Gasteiger partial charge on any atom is -0.481 e. The van der Waals surface area contributed by atoms with E-state index in [-0.39, 0.29) is 18.4 Å². The van der Waals surface area contributed by atoms with Gasteiger partial charge in [-0.15, -0.1) is 0 Å². The molecule has 0 aliphatic carbocycles. The van der Waals surface area contributed by atoms with Gasteiger partial charge in [0.25, 0.3) is 0 Å². The Morgan fingerprint density at radius 2 is 1.67 bits per heavy atom. The van der Waals surface area contributed by atoms with Crippen LogP contribution in [0.15, 0.2) is 0 Å². The van der Waals surface area contributed by atoms with E-state index < -0.39 is 5.97 Å². The molecule has 0 aromatic carbocycles. The summed E-state index contributed by atoms with van der Waals surface area (Å²) >= 11 is 0. The molecule has 0 radical (unpaired) electrons. The second kappa shape index (κ2) is 9.74. The van der Waals surface area contributed by atoms with Gasteiger partial charge in [0.15, 0.2) is 0 Å². The zero-order chi connectivity index (χ0) is 14.0. The third-order valence-electron chi connectivity index (χ3n) is 3.17. The van der Waals surface area contributed by atoms with Crippen LogP contribution in [0.2, 0.25) is 0 Å². The number of amides is 2. The van der Waals surface area contributed by atoms with Crippen molar-refractivity contribution in [3.8, 4) is 0 Å². The van der Waals surface area contributed by atoms with E-state index in [1.165, 1.54) is 0 Å². The molecule has 3 N–H and O–H groups in total. The first-order chi connectivity index (χ1) is 8.49. The maximum atomic E-state index is 11.5. The number of carbonyl (C=O) groups is 2. The molecule has 0 heterocycles. The minimum absolute atomic E-state index is 0.151. The number of hydrogen-bond donors (Lipinski definition) is 3. The summed E-state index contributed by atoms with van der Waals surface area (Å²) in [6, 6.07) is -0.163. The average molecular weight is 258 g/mol. The summed E-state index contributed by atoms with van der Waals surface area (Å²) in [6.45, 7) is 7.37. The summed E-state index contributed by atoms with van der Waals surface area (Å²) in [4.78, 5) is 21.9. The van der Waals surface area contributed by atoms with Crippen LogP contribution in [0.5, 0.6) is 0 Å². The molecular weight excluding hydrogens is 232 g/mol. The molecule has 0 spiro atoms. The van der Waals surface area contributed by atoms with Crippen LogP contribution in [0.1, 0.15) is 46.5 Å².